The van der Waals surface area contributed by atoms with Crippen molar-refractivity contribution in [1.29, 1.82) is 5.26 Å². The summed E-state index contributed by atoms with van der Waals surface area (Å²) in [6, 6.07) is 2.18. The van der Waals surface area contributed by atoms with E-state index < -0.39 is 0 Å². The zero-order valence-electron chi connectivity index (χ0n) is 10.9. The molecule has 1 aliphatic carbocycles. The van der Waals surface area contributed by atoms with Gasteiger partial charge in [-0.05, 0) is 25.2 Å². The average Bonchev–Trinajstić information content (AvgIpc) is 2.73. The summed E-state index contributed by atoms with van der Waals surface area (Å²) in [6.07, 6.45) is 3.72. The lowest BCUT2D eigenvalue weighted by Crippen LogP contribution is -2.45. The number of carbonyl (C=O) groups excluding carboxylic acids is 1. The van der Waals surface area contributed by atoms with Crippen LogP contribution in [0, 0.1) is 23.2 Å². The van der Waals surface area contributed by atoms with Gasteiger partial charge < -0.3 is 10.1 Å². The van der Waals surface area contributed by atoms with Crippen LogP contribution in [-0.4, -0.2) is 25.2 Å². The van der Waals surface area contributed by atoms with Crippen LogP contribution in [0.1, 0.15) is 39.5 Å². The van der Waals surface area contributed by atoms with Crippen LogP contribution in [0.25, 0.3) is 0 Å². The van der Waals surface area contributed by atoms with Crippen LogP contribution in [0.2, 0.25) is 0 Å². The van der Waals surface area contributed by atoms with E-state index in [1.807, 2.05) is 0 Å². The summed E-state index contributed by atoms with van der Waals surface area (Å²) in [5.41, 5.74) is 0. The minimum absolute atomic E-state index is 0.0364. The molecule has 17 heavy (non-hydrogen) atoms. The Balaban J connectivity index is 2.59. The summed E-state index contributed by atoms with van der Waals surface area (Å²) in [5.74, 6) is 0.241. The number of rotatable bonds is 5. The Morgan fingerprint density at radius 3 is 2.76 bits per heavy atom. The third kappa shape index (κ3) is 4.01. The number of hydrogen-bond donors (Lipinski definition) is 1. The Hall–Kier alpha value is -1.08. The van der Waals surface area contributed by atoms with E-state index >= 15 is 0 Å². The minimum Gasteiger partial charge on any atom is -0.468 e. The van der Waals surface area contributed by atoms with Crippen molar-refractivity contribution in [3.8, 4) is 6.07 Å². The fourth-order valence-corrected chi connectivity index (χ4v) is 2.42. The van der Waals surface area contributed by atoms with Crippen molar-refractivity contribution in [3.05, 3.63) is 0 Å². The Kier molecular flexibility index (Phi) is 5.43. The van der Waals surface area contributed by atoms with E-state index in [2.05, 4.69) is 25.2 Å². The number of nitrogens with zero attached hydrogens (tertiary/aromatic N) is 1. The topological polar surface area (TPSA) is 62.1 Å². The number of carbonyl (C=O) groups is 1. The van der Waals surface area contributed by atoms with Crippen LogP contribution in [0.15, 0.2) is 0 Å². The maximum Gasteiger partial charge on any atom is 0.322 e. The molecule has 0 bridgehead atoms. The lowest BCUT2D eigenvalue weighted by atomic mass is 10.00. The quantitative estimate of drug-likeness (QED) is 0.743. The van der Waals surface area contributed by atoms with Gasteiger partial charge in [-0.1, -0.05) is 20.3 Å². The van der Waals surface area contributed by atoms with Crippen LogP contribution in [0.5, 0.6) is 0 Å². The molecule has 0 aromatic carbocycles. The highest BCUT2D eigenvalue weighted by molar-refractivity contribution is 5.75. The first-order chi connectivity index (χ1) is 8.08. The summed E-state index contributed by atoms with van der Waals surface area (Å²) in [4.78, 5) is 11.7. The van der Waals surface area contributed by atoms with Crippen LogP contribution in [0.4, 0.5) is 0 Å². The lowest BCUT2D eigenvalue weighted by molar-refractivity contribution is -0.143. The van der Waals surface area contributed by atoms with Crippen molar-refractivity contribution in [2.75, 3.05) is 7.11 Å². The molecule has 1 fully saturated rings. The first-order valence-electron chi connectivity index (χ1n) is 6.32. The van der Waals surface area contributed by atoms with Gasteiger partial charge in [0.25, 0.3) is 0 Å². The molecule has 4 nitrogen and oxygen atoms in total. The molecular weight excluding hydrogens is 216 g/mol. The third-order valence-corrected chi connectivity index (χ3v) is 3.29. The number of hydrogen-bond acceptors (Lipinski definition) is 4. The van der Waals surface area contributed by atoms with Crippen molar-refractivity contribution in [1.82, 2.24) is 5.32 Å². The fraction of sp³-hybridized carbons (Fsp3) is 0.846. The van der Waals surface area contributed by atoms with Crippen molar-refractivity contribution in [2.45, 2.75) is 51.6 Å². The summed E-state index contributed by atoms with van der Waals surface area (Å²) >= 11 is 0. The second kappa shape index (κ2) is 6.61. The first kappa shape index (κ1) is 14.0. The Morgan fingerprint density at radius 2 is 2.24 bits per heavy atom. The van der Waals surface area contributed by atoms with E-state index in [9.17, 15) is 4.79 Å². The Labute approximate surface area is 103 Å². The number of methoxy groups -OCH3 is 1. The van der Waals surface area contributed by atoms with E-state index in [-0.39, 0.29) is 24.0 Å². The summed E-state index contributed by atoms with van der Waals surface area (Å²) in [7, 11) is 1.41. The van der Waals surface area contributed by atoms with E-state index in [4.69, 9.17) is 10.00 Å². The zero-order valence-corrected chi connectivity index (χ0v) is 10.9. The highest BCUT2D eigenvalue weighted by Gasteiger charge is 2.31. The molecule has 0 aromatic rings. The predicted octanol–water partition coefficient (Wildman–Crippen LogP) is 1.86. The van der Waals surface area contributed by atoms with Crippen molar-refractivity contribution >= 4 is 5.97 Å². The normalized spacial score (nSPS) is 25.6. The van der Waals surface area contributed by atoms with Gasteiger partial charge in [0.2, 0.25) is 0 Å². The van der Waals surface area contributed by atoms with Crippen LogP contribution in [-0.2, 0) is 9.53 Å². The van der Waals surface area contributed by atoms with Crippen LogP contribution in [0.3, 0.4) is 0 Å². The molecule has 0 aliphatic heterocycles. The lowest BCUT2D eigenvalue weighted by Gasteiger charge is -2.24. The standard InChI is InChI=1S/C13H22N2O2/c1-9(2)7-12(13(16)17-3)15-11-6-4-5-10(11)8-14/h9-12,15H,4-7H2,1-3H3. The van der Waals surface area contributed by atoms with Crippen LogP contribution >= 0.6 is 0 Å². The monoisotopic (exact) mass is 238 g/mol. The maximum absolute atomic E-state index is 11.7. The number of esters is 1. The molecule has 0 spiro atoms. The summed E-state index contributed by atoms with van der Waals surface area (Å²) in [5, 5.41) is 12.3. The Morgan fingerprint density at radius 1 is 1.53 bits per heavy atom. The highest BCUT2D eigenvalue weighted by atomic mass is 16.5. The largest absolute Gasteiger partial charge is 0.468 e. The summed E-state index contributed by atoms with van der Waals surface area (Å²) in [6.45, 7) is 4.15. The second-order valence-electron chi connectivity index (χ2n) is 5.14. The average molecular weight is 238 g/mol. The van der Waals surface area contributed by atoms with Crippen molar-refractivity contribution in [3.63, 3.8) is 0 Å². The highest BCUT2D eigenvalue weighted by Crippen LogP contribution is 2.25. The van der Waals surface area contributed by atoms with Gasteiger partial charge in [0.15, 0.2) is 0 Å². The number of nitrogens with one attached hydrogen (secondary N) is 1. The molecule has 0 aromatic heterocycles. The van der Waals surface area contributed by atoms with Crippen LogP contribution < -0.4 is 5.32 Å². The molecular formula is C13H22N2O2. The van der Waals surface area contributed by atoms with Crippen molar-refractivity contribution < 1.29 is 9.53 Å². The van der Waals surface area contributed by atoms with Gasteiger partial charge in [0, 0.05) is 6.04 Å². The van der Waals surface area contributed by atoms with Crippen molar-refractivity contribution in [2.24, 2.45) is 11.8 Å². The maximum atomic E-state index is 11.7. The van der Waals surface area contributed by atoms with E-state index in [0.29, 0.717) is 5.92 Å². The summed E-state index contributed by atoms with van der Waals surface area (Å²) < 4.78 is 4.81. The van der Waals surface area contributed by atoms with Gasteiger partial charge in [0.1, 0.15) is 6.04 Å². The molecule has 3 atom stereocenters. The van der Waals surface area contributed by atoms with Gasteiger partial charge in [-0.2, -0.15) is 5.26 Å². The molecule has 0 radical (unpaired) electrons. The molecule has 0 heterocycles. The van der Waals surface area contributed by atoms with Gasteiger partial charge in [0.05, 0.1) is 19.1 Å². The molecule has 1 N–H and O–H groups in total. The Bertz CT molecular complexity index is 296. The first-order valence-corrected chi connectivity index (χ1v) is 6.32. The molecule has 3 unspecified atom stereocenters. The fourth-order valence-electron chi connectivity index (χ4n) is 2.42. The predicted molar refractivity (Wildman–Crippen MR) is 65.1 cm³/mol. The molecule has 1 rings (SSSR count). The minimum atomic E-state index is -0.279. The zero-order chi connectivity index (χ0) is 12.8. The van der Waals surface area contributed by atoms with Gasteiger partial charge in [-0.25, -0.2) is 0 Å². The third-order valence-electron chi connectivity index (χ3n) is 3.29. The van der Waals surface area contributed by atoms with E-state index in [1.165, 1.54) is 7.11 Å². The van der Waals surface area contributed by atoms with Gasteiger partial charge >= 0.3 is 5.97 Å². The second-order valence-corrected chi connectivity index (χ2v) is 5.14. The molecule has 96 valence electrons. The van der Waals surface area contributed by atoms with E-state index in [0.717, 1.165) is 25.7 Å². The number of nitriles is 1. The SMILES string of the molecule is COC(=O)C(CC(C)C)NC1CCCC1C#N. The molecule has 4 heteroatoms. The smallest absolute Gasteiger partial charge is 0.322 e. The van der Waals surface area contributed by atoms with Gasteiger partial charge in [-0.3, -0.25) is 4.79 Å². The molecule has 1 aliphatic rings. The molecule has 0 saturated heterocycles. The molecule has 1 saturated carbocycles. The number of ether oxygens (including phenoxy) is 1. The molecule has 0 amide bonds. The van der Waals surface area contributed by atoms with E-state index in [1.54, 1.807) is 0 Å². The van der Waals surface area contributed by atoms with Gasteiger partial charge in [-0.15, -0.1) is 0 Å².